The summed E-state index contributed by atoms with van der Waals surface area (Å²) in [6.07, 6.45) is 2.69. The molecule has 4 N–H and O–H groups in total. The Balaban J connectivity index is 2.25. The number of para-hydroxylation sites is 1. The number of halogens is 2. The number of aromatic nitrogens is 2. The molecule has 1 heterocycles. The molecule has 8 heteroatoms. The smallest absolute Gasteiger partial charge is 0.276 e. The SMILES string of the molecule is NNc1cncc(C(=O)Nc2c(Cl)cccc2Cl)n1. The molecule has 0 spiro atoms. The fraction of sp³-hybridized carbons (Fsp3) is 0. The van der Waals surface area contributed by atoms with Gasteiger partial charge in [0.05, 0.1) is 28.1 Å². The Labute approximate surface area is 118 Å². The summed E-state index contributed by atoms with van der Waals surface area (Å²) in [4.78, 5) is 19.8. The molecule has 2 rings (SSSR count). The first-order chi connectivity index (χ1) is 9.11. The standard InChI is InChI=1S/C11H9Cl2N5O/c12-6-2-1-3-7(13)10(6)17-11(19)8-4-15-5-9(16-8)18-14/h1-5H,14H2,(H,16,18)(H,17,19). The number of amides is 1. The Bertz CT molecular complexity index is 600. The van der Waals surface area contributed by atoms with Crippen molar-refractivity contribution in [1.82, 2.24) is 9.97 Å². The molecule has 0 radical (unpaired) electrons. The van der Waals surface area contributed by atoms with Gasteiger partial charge in [-0.25, -0.2) is 10.8 Å². The molecule has 0 saturated heterocycles. The van der Waals surface area contributed by atoms with Crippen LogP contribution in [0.5, 0.6) is 0 Å². The summed E-state index contributed by atoms with van der Waals surface area (Å²) in [5.74, 6) is 4.98. The lowest BCUT2D eigenvalue weighted by molar-refractivity contribution is 0.102. The highest BCUT2D eigenvalue weighted by molar-refractivity contribution is 6.39. The van der Waals surface area contributed by atoms with Gasteiger partial charge >= 0.3 is 0 Å². The molecule has 0 unspecified atom stereocenters. The number of hydrogen-bond donors (Lipinski definition) is 3. The third-order valence-electron chi connectivity index (χ3n) is 2.22. The van der Waals surface area contributed by atoms with Gasteiger partial charge < -0.3 is 10.7 Å². The van der Waals surface area contributed by atoms with Gasteiger partial charge in [-0.15, -0.1) is 0 Å². The number of nitrogen functional groups attached to an aromatic ring is 1. The molecule has 0 aliphatic carbocycles. The summed E-state index contributed by atoms with van der Waals surface area (Å²) < 4.78 is 0. The lowest BCUT2D eigenvalue weighted by Crippen LogP contribution is -2.17. The largest absolute Gasteiger partial charge is 0.318 e. The minimum atomic E-state index is -0.486. The molecule has 0 aliphatic rings. The number of nitrogens with one attached hydrogen (secondary N) is 2. The van der Waals surface area contributed by atoms with E-state index in [1.807, 2.05) is 0 Å². The molecule has 0 saturated carbocycles. The van der Waals surface area contributed by atoms with E-state index < -0.39 is 5.91 Å². The van der Waals surface area contributed by atoms with Gasteiger partial charge in [-0.1, -0.05) is 29.3 Å². The molecule has 0 atom stereocenters. The zero-order chi connectivity index (χ0) is 13.8. The van der Waals surface area contributed by atoms with Crippen LogP contribution in [0.4, 0.5) is 11.5 Å². The predicted octanol–water partition coefficient (Wildman–Crippen LogP) is 2.32. The Morgan fingerprint density at radius 2 is 1.89 bits per heavy atom. The summed E-state index contributed by atoms with van der Waals surface area (Å²) in [5, 5.41) is 3.24. The minimum absolute atomic E-state index is 0.0893. The zero-order valence-corrected chi connectivity index (χ0v) is 11.0. The molecular weight excluding hydrogens is 289 g/mol. The van der Waals surface area contributed by atoms with Gasteiger partial charge in [0, 0.05) is 0 Å². The van der Waals surface area contributed by atoms with Gasteiger partial charge in [0.1, 0.15) is 5.69 Å². The van der Waals surface area contributed by atoms with E-state index in [4.69, 9.17) is 29.0 Å². The van der Waals surface area contributed by atoms with Crippen molar-refractivity contribution in [3.05, 3.63) is 46.3 Å². The number of nitrogens with two attached hydrogens (primary N) is 1. The number of hydrogen-bond acceptors (Lipinski definition) is 5. The summed E-state index contributed by atoms with van der Waals surface area (Å²) >= 11 is 11.9. The minimum Gasteiger partial charge on any atom is -0.318 e. The fourth-order valence-electron chi connectivity index (χ4n) is 1.34. The van der Waals surface area contributed by atoms with Crippen LogP contribution in [0.1, 0.15) is 10.5 Å². The Hall–Kier alpha value is -1.89. The van der Waals surface area contributed by atoms with Gasteiger partial charge in [0.15, 0.2) is 5.82 Å². The van der Waals surface area contributed by atoms with Crippen molar-refractivity contribution < 1.29 is 4.79 Å². The predicted molar refractivity (Wildman–Crippen MR) is 74.3 cm³/mol. The Morgan fingerprint density at radius 1 is 1.21 bits per heavy atom. The van der Waals surface area contributed by atoms with Crippen molar-refractivity contribution in [2.24, 2.45) is 5.84 Å². The molecule has 0 fully saturated rings. The van der Waals surface area contributed by atoms with Crippen LogP contribution in [0.25, 0.3) is 0 Å². The molecular formula is C11H9Cl2N5O. The van der Waals surface area contributed by atoms with E-state index in [1.54, 1.807) is 18.2 Å². The third kappa shape index (κ3) is 3.11. The van der Waals surface area contributed by atoms with Crippen molar-refractivity contribution in [1.29, 1.82) is 0 Å². The number of carbonyl (C=O) groups is 1. The molecule has 6 nitrogen and oxygen atoms in total. The molecule has 1 aromatic heterocycles. The number of anilines is 2. The van der Waals surface area contributed by atoms with Crippen molar-refractivity contribution in [3.8, 4) is 0 Å². The first kappa shape index (κ1) is 13.5. The van der Waals surface area contributed by atoms with Crippen LogP contribution in [0.2, 0.25) is 10.0 Å². The highest BCUT2D eigenvalue weighted by atomic mass is 35.5. The van der Waals surface area contributed by atoms with Crippen LogP contribution >= 0.6 is 23.2 Å². The van der Waals surface area contributed by atoms with Crippen molar-refractivity contribution in [2.45, 2.75) is 0 Å². The van der Waals surface area contributed by atoms with Crippen molar-refractivity contribution in [2.75, 3.05) is 10.7 Å². The second-order valence-electron chi connectivity index (χ2n) is 3.48. The number of rotatable bonds is 3. The van der Waals surface area contributed by atoms with Gasteiger partial charge in [-0.3, -0.25) is 9.78 Å². The normalized spacial score (nSPS) is 10.1. The van der Waals surface area contributed by atoms with E-state index in [1.165, 1.54) is 12.4 Å². The topological polar surface area (TPSA) is 92.9 Å². The lowest BCUT2D eigenvalue weighted by Gasteiger charge is -2.08. The molecule has 19 heavy (non-hydrogen) atoms. The first-order valence-corrected chi connectivity index (χ1v) is 5.91. The van der Waals surface area contributed by atoms with E-state index >= 15 is 0 Å². The molecule has 2 aromatic rings. The van der Waals surface area contributed by atoms with Crippen molar-refractivity contribution >= 4 is 40.6 Å². The van der Waals surface area contributed by atoms with Crippen molar-refractivity contribution in [3.63, 3.8) is 0 Å². The maximum atomic E-state index is 12.0. The van der Waals surface area contributed by atoms with Crippen LogP contribution in [0.15, 0.2) is 30.6 Å². The summed E-state index contributed by atoms with van der Waals surface area (Å²) in [6.45, 7) is 0. The first-order valence-electron chi connectivity index (χ1n) is 5.16. The van der Waals surface area contributed by atoms with Crippen LogP contribution < -0.4 is 16.6 Å². The molecule has 0 aliphatic heterocycles. The monoisotopic (exact) mass is 297 g/mol. The maximum Gasteiger partial charge on any atom is 0.276 e. The summed E-state index contributed by atoms with van der Waals surface area (Å²) in [5.41, 5.74) is 2.72. The lowest BCUT2D eigenvalue weighted by atomic mass is 10.3. The van der Waals surface area contributed by atoms with Gasteiger partial charge in [-0.2, -0.15) is 0 Å². The highest BCUT2D eigenvalue weighted by Crippen LogP contribution is 2.30. The summed E-state index contributed by atoms with van der Waals surface area (Å²) in [6, 6.07) is 4.91. The second-order valence-corrected chi connectivity index (χ2v) is 4.30. The second kappa shape index (κ2) is 5.83. The van der Waals surface area contributed by atoms with Gasteiger partial charge in [0.25, 0.3) is 5.91 Å². The fourth-order valence-corrected chi connectivity index (χ4v) is 1.83. The quantitative estimate of drug-likeness (QED) is 0.597. The number of benzene rings is 1. The molecule has 1 aromatic carbocycles. The van der Waals surface area contributed by atoms with Gasteiger partial charge in [0.2, 0.25) is 0 Å². The number of hydrazine groups is 1. The van der Waals surface area contributed by atoms with E-state index in [-0.39, 0.29) is 11.5 Å². The number of carbonyl (C=O) groups excluding carboxylic acids is 1. The van der Waals surface area contributed by atoms with E-state index in [2.05, 4.69) is 20.7 Å². The van der Waals surface area contributed by atoms with Crippen LogP contribution in [0, 0.1) is 0 Å². The molecule has 98 valence electrons. The maximum absolute atomic E-state index is 12.0. The highest BCUT2D eigenvalue weighted by Gasteiger charge is 2.13. The molecule has 1 amide bonds. The van der Waals surface area contributed by atoms with E-state index in [0.29, 0.717) is 15.7 Å². The molecule has 0 bridgehead atoms. The number of nitrogens with zero attached hydrogens (tertiary/aromatic N) is 2. The van der Waals surface area contributed by atoms with Crippen LogP contribution in [-0.2, 0) is 0 Å². The third-order valence-corrected chi connectivity index (χ3v) is 2.85. The average molecular weight is 298 g/mol. The van der Waals surface area contributed by atoms with Gasteiger partial charge in [-0.05, 0) is 12.1 Å². The zero-order valence-electron chi connectivity index (χ0n) is 9.52. The van der Waals surface area contributed by atoms with E-state index in [9.17, 15) is 4.79 Å². The van der Waals surface area contributed by atoms with Crippen LogP contribution in [0.3, 0.4) is 0 Å². The average Bonchev–Trinajstić information content (AvgIpc) is 2.43. The Morgan fingerprint density at radius 3 is 2.53 bits per heavy atom. The Kier molecular flexibility index (Phi) is 4.16. The van der Waals surface area contributed by atoms with Crippen LogP contribution in [-0.4, -0.2) is 15.9 Å². The van der Waals surface area contributed by atoms with E-state index in [0.717, 1.165) is 0 Å². The summed E-state index contributed by atoms with van der Waals surface area (Å²) in [7, 11) is 0.